The molecule has 1 unspecified atom stereocenters. The summed E-state index contributed by atoms with van der Waals surface area (Å²) in [5.74, 6) is 0.761. The van der Waals surface area contributed by atoms with Gasteiger partial charge >= 0.3 is 0 Å². The molecule has 0 radical (unpaired) electrons. The number of benzene rings is 3. The average Bonchev–Trinajstić information content (AvgIpc) is 2.90. The number of sulfonamides is 1. The Kier molecular flexibility index (Phi) is 11.0. The van der Waals surface area contributed by atoms with Crippen LogP contribution in [0.3, 0.4) is 0 Å². The van der Waals surface area contributed by atoms with Gasteiger partial charge in [-0.25, -0.2) is 8.42 Å². The summed E-state index contributed by atoms with van der Waals surface area (Å²) in [5.41, 5.74) is 2.03. The van der Waals surface area contributed by atoms with Crippen LogP contribution < -0.4 is 4.74 Å². The number of rotatable bonds is 14. The third-order valence-corrected chi connectivity index (χ3v) is 8.92. The molecule has 0 amide bonds. The minimum atomic E-state index is -3.67. The molecule has 36 heavy (non-hydrogen) atoms. The lowest BCUT2D eigenvalue weighted by Gasteiger charge is -2.29. The van der Waals surface area contributed by atoms with Gasteiger partial charge in [-0.05, 0) is 86.9 Å². The molecular weight excluding hydrogens is 536 g/mol. The van der Waals surface area contributed by atoms with Crippen LogP contribution in [0.25, 0.3) is 0 Å². The lowest BCUT2D eigenvalue weighted by molar-refractivity contribution is 0.265. The van der Waals surface area contributed by atoms with Crippen LogP contribution in [0.4, 0.5) is 0 Å². The van der Waals surface area contributed by atoms with Gasteiger partial charge in [-0.2, -0.15) is 4.31 Å². The first kappa shape index (κ1) is 28.4. The molecule has 0 fully saturated rings. The van der Waals surface area contributed by atoms with Gasteiger partial charge in [-0.1, -0.05) is 72.2 Å². The van der Waals surface area contributed by atoms with E-state index in [-0.39, 0.29) is 6.04 Å². The van der Waals surface area contributed by atoms with Crippen molar-refractivity contribution < 1.29 is 13.2 Å². The summed E-state index contributed by atoms with van der Waals surface area (Å²) < 4.78 is 35.8. The highest BCUT2D eigenvalue weighted by Gasteiger charge is 2.29. The van der Waals surface area contributed by atoms with Gasteiger partial charge in [0.25, 0.3) is 0 Å². The van der Waals surface area contributed by atoms with Crippen LogP contribution in [-0.4, -0.2) is 43.3 Å². The Morgan fingerprint density at radius 2 is 1.50 bits per heavy atom. The van der Waals surface area contributed by atoms with Crippen molar-refractivity contribution in [2.24, 2.45) is 0 Å². The molecule has 5 nitrogen and oxygen atoms in total. The van der Waals surface area contributed by atoms with Crippen molar-refractivity contribution in [1.82, 2.24) is 9.21 Å². The van der Waals surface area contributed by atoms with Crippen molar-refractivity contribution in [3.63, 3.8) is 0 Å². The molecular formula is C29H37BrN2O3S. The largest absolute Gasteiger partial charge is 0.489 e. The maximum Gasteiger partial charge on any atom is 0.243 e. The molecule has 0 spiro atoms. The van der Waals surface area contributed by atoms with Gasteiger partial charge < -0.3 is 9.64 Å². The molecule has 0 heterocycles. The summed E-state index contributed by atoms with van der Waals surface area (Å²) in [6.07, 6.45) is 1.74. The quantitative estimate of drug-likeness (QED) is 0.215. The summed E-state index contributed by atoms with van der Waals surface area (Å²) in [7, 11) is -3.67. The SMILES string of the molecule is CCN(CC)CCCC(C)N(Cc1ccc(OCc2ccccc2)cc1)S(=O)(=O)c1ccc(Br)cc1. The fourth-order valence-corrected chi connectivity index (χ4v) is 6.04. The minimum Gasteiger partial charge on any atom is -0.489 e. The molecule has 0 saturated carbocycles. The van der Waals surface area contributed by atoms with Crippen LogP contribution in [0.1, 0.15) is 44.7 Å². The molecule has 0 aliphatic carbocycles. The van der Waals surface area contributed by atoms with E-state index in [2.05, 4.69) is 34.7 Å². The fraction of sp³-hybridized carbons (Fsp3) is 0.379. The minimum absolute atomic E-state index is 0.136. The maximum atomic E-state index is 13.7. The van der Waals surface area contributed by atoms with Gasteiger partial charge in [0.1, 0.15) is 12.4 Å². The van der Waals surface area contributed by atoms with Gasteiger partial charge in [-0.15, -0.1) is 0 Å². The van der Waals surface area contributed by atoms with Crippen LogP contribution in [0.15, 0.2) is 88.2 Å². The molecule has 0 bridgehead atoms. The number of hydrogen-bond donors (Lipinski definition) is 0. The fourth-order valence-electron chi connectivity index (χ4n) is 4.13. The Labute approximate surface area is 225 Å². The monoisotopic (exact) mass is 572 g/mol. The van der Waals surface area contributed by atoms with E-state index in [1.807, 2.05) is 61.5 Å². The van der Waals surface area contributed by atoms with Crippen LogP contribution in [0, 0.1) is 0 Å². The summed E-state index contributed by atoms with van der Waals surface area (Å²) in [6.45, 7) is 10.1. The van der Waals surface area contributed by atoms with Gasteiger partial charge in [0, 0.05) is 17.1 Å². The van der Waals surface area contributed by atoms with Crippen LogP contribution in [0.2, 0.25) is 0 Å². The number of nitrogens with zero attached hydrogens (tertiary/aromatic N) is 2. The number of ether oxygens (including phenoxy) is 1. The van der Waals surface area contributed by atoms with Crippen molar-refractivity contribution in [3.8, 4) is 5.75 Å². The Morgan fingerprint density at radius 3 is 2.11 bits per heavy atom. The lowest BCUT2D eigenvalue weighted by atomic mass is 10.1. The Balaban J connectivity index is 1.74. The Hall–Kier alpha value is -2.19. The van der Waals surface area contributed by atoms with Crippen LogP contribution >= 0.6 is 15.9 Å². The highest BCUT2D eigenvalue weighted by Crippen LogP contribution is 2.25. The standard InChI is InChI=1S/C29H37BrN2O3S/c1-4-31(5-2)21-9-10-24(3)32(36(33,34)29-19-15-27(30)16-20-29)22-25-13-17-28(18-14-25)35-23-26-11-7-6-8-12-26/h6-8,11-20,24H,4-5,9-10,21-23H2,1-3H3. The van der Waals surface area contributed by atoms with E-state index in [0.717, 1.165) is 53.8 Å². The maximum absolute atomic E-state index is 13.7. The number of hydrogen-bond acceptors (Lipinski definition) is 4. The molecule has 7 heteroatoms. The zero-order valence-electron chi connectivity index (χ0n) is 21.4. The molecule has 0 aliphatic heterocycles. The van der Waals surface area contributed by atoms with Crippen LogP contribution in [0.5, 0.6) is 5.75 Å². The predicted octanol–water partition coefficient (Wildman–Crippen LogP) is 6.73. The first-order valence-electron chi connectivity index (χ1n) is 12.6. The smallest absolute Gasteiger partial charge is 0.243 e. The Morgan fingerprint density at radius 1 is 0.861 bits per heavy atom. The second-order valence-corrected chi connectivity index (χ2v) is 11.7. The third-order valence-electron chi connectivity index (χ3n) is 6.41. The molecule has 0 N–H and O–H groups in total. The summed E-state index contributed by atoms with van der Waals surface area (Å²) >= 11 is 3.40. The van der Waals surface area contributed by atoms with E-state index < -0.39 is 10.0 Å². The van der Waals surface area contributed by atoms with Crippen molar-refractivity contribution >= 4 is 26.0 Å². The summed E-state index contributed by atoms with van der Waals surface area (Å²) in [5, 5.41) is 0. The zero-order valence-corrected chi connectivity index (χ0v) is 23.8. The molecule has 3 rings (SSSR count). The molecule has 3 aromatic rings. The second-order valence-electron chi connectivity index (χ2n) is 8.94. The van der Waals surface area contributed by atoms with Crippen molar-refractivity contribution in [2.75, 3.05) is 19.6 Å². The first-order valence-corrected chi connectivity index (χ1v) is 14.8. The molecule has 194 valence electrons. The summed E-state index contributed by atoms with van der Waals surface area (Å²) in [4.78, 5) is 2.68. The zero-order chi connectivity index (χ0) is 26.0. The third kappa shape index (κ3) is 8.17. The lowest BCUT2D eigenvalue weighted by Crippen LogP contribution is -2.38. The van der Waals surface area contributed by atoms with E-state index >= 15 is 0 Å². The molecule has 1 atom stereocenters. The predicted molar refractivity (Wildman–Crippen MR) is 151 cm³/mol. The van der Waals surface area contributed by atoms with Gasteiger partial charge in [0.15, 0.2) is 0 Å². The van der Waals surface area contributed by atoms with Gasteiger partial charge in [-0.3, -0.25) is 0 Å². The van der Waals surface area contributed by atoms with E-state index in [4.69, 9.17) is 4.74 Å². The normalized spacial score (nSPS) is 12.7. The van der Waals surface area contributed by atoms with Gasteiger partial charge in [0.2, 0.25) is 10.0 Å². The van der Waals surface area contributed by atoms with Crippen molar-refractivity contribution in [3.05, 3.63) is 94.5 Å². The average molecular weight is 574 g/mol. The highest BCUT2D eigenvalue weighted by molar-refractivity contribution is 9.10. The molecule has 0 saturated heterocycles. The molecule has 0 aromatic heterocycles. The Bertz CT molecular complexity index is 1150. The van der Waals surface area contributed by atoms with E-state index in [1.165, 1.54) is 0 Å². The summed E-state index contributed by atoms with van der Waals surface area (Å²) in [6, 6.07) is 24.5. The topological polar surface area (TPSA) is 49.9 Å². The van der Waals surface area contributed by atoms with E-state index in [1.54, 1.807) is 28.6 Å². The van der Waals surface area contributed by atoms with E-state index in [9.17, 15) is 8.42 Å². The molecule has 3 aromatic carbocycles. The number of halogens is 1. The van der Waals surface area contributed by atoms with Crippen molar-refractivity contribution in [2.45, 2.75) is 57.7 Å². The molecule has 0 aliphatic rings. The van der Waals surface area contributed by atoms with Crippen LogP contribution in [-0.2, 0) is 23.2 Å². The van der Waals surface area contributed by atoms with Gasteiger partial charge in [0.05, 0.1) is 4.90 Å². The highest BCUT2D eigenvalue weighted by atomic mass is 79.9. The second kappa shape index (κ2) is 13.9. The first-order chi connectivity index (χ1) is 17.3. The van der Waals surface area contributed by atoms with E-state index in [0.29, 0.717) is 18.0 Å². The van der Waals surface area contributed by atoms with Crippen molar-refractivity contribution in [1.29, 1.82) is 0 Å².